The third-order valence-electron chi connectivity index (χ3n) is 4.76. The molecule has 0 aromatic rings. The Morgan fingerprint density at radius 3 is 1.66 bits per heavy atom. The average molecular weight is 519 g/mol. The normalized spacial score (nSPS) is 19.7. The van der Waals surface area contributed by atoms with Gasteiger partial charge in [-0.3, -0.25) is 0 Å². The van der Waals surface area contributed by atoms with Crippen LogP contribution in [0.3, 0.4) is 0 Å². The van der Waals surface area contributed by atoms with Crippen LogP contribution >= 0.6 is 0 Å². The molecule has 0 aromatic carbocycles. The lowest BCUT2D eigenvalue weighted by molar-refractivity contribution is -0.373. The van der Waals surface area contributed by atoms with Crippen LogP contribution in [0.15, 0.2) is 63.3 Å². The first-order valence-corrected chi connectivity index (χ1v) is 10.8. The van der Waals surface area contributed by atoms with Gasteiger partial charge in [-0.2, -0.15) is 26.3 Å². The van der Waals surface area contributed by atoms with Crippen LogP contribution in [0.5, 0.6) is 0 Å². The van der Waals surface area contributed by atoms with E-state index in [1.807, 2.05) is 12.2 Å². The molecular weight excluding hydrogens is 481 g/mol. The summed E-state index contributed by atoms with van der Waals surface area (Å²) in [6, 6.07) is 0. The van der Waals surface area contributed by atoms with E-state index in [1.54, 1.807) is 13.0 Å². The predicted molar refractivity (Wildman–Crippen MR) is 125 cm³/mol. The fourth-order valence-electron chi connectivity index (χ4n) is 3.10. The van der Waals surface area contributed by atoms with Crippen molar-refractivity contribution in [3.05, 3.63) is 63.3 Å². The molecule has 1 fully saturated rings. The fourth-order valence-corrected chi connectivity index (χ4v) is 3.10. The molecular formula is C25H37F7O3. The van der Waals surface area contributed by atoms with Crippen molar-refractivity contribution in [1.29, 1.82) is 0 Å². The number of alkyl halides is 7. The highest BCUT2D eigenvalue weighted by molar-refractivity contribution is 5.81. The minimum Gasteiger partial charge on any atom is -0.463 e. The van der Waals surface area contributed by atoms with E-state index in [-0.39, 0.29) is 24.2 Å². The molecule has 0 heterocycles. The Labute approximate surface area is 203 Å². The maximum Gasteiger partial charge on any atom is 0.426 e. The molecule has 0 aromatic heterocycles. The van der Waals surface area contributed by atoms with Crippen molar-refractivity contribution in [2.24, 2.45) is 17.8 Å². The summed E-state index contributed by atoms with van der Waals surface area (Å²) in [5, 5.41) is 9.10. The average Bonchev–Trinajstić information content (AvgIpc) is 3.43. The molecule has 2 bridgehead atoms. The number of rotatable bonds is 6. The first-order chi connectivity index (χ1) is 16.2. The first kappa shape index (κ1) is 37.2. The Hall–Kier alpha value is -2.36. The van der Waals surface area contributed by atoms with Gasteiger partial charge >= 0.3 is 18.3 Å². The highest BCUT2D eigenvalue weighted by atomic mass is 19.4. The zero-order valence-electron chi connectivity index (χ0n) is 20.3. The lowest BCUT2D eigenvalue weighted by Gasteiger charge is -2.35. The number of hydrogen-bond donors (Lipinski definition) is 1. The van der Waals surface area contributed by atoms with Crippen molar-refractivity contribution in [1.82, 2.24) is 0 Å². The van der Waals surface area contributed by atoms with Crippen LogP contribution in [0.2, 0.25) is 0 Å². The zero-order chi connectivity index (χ0) is 28.3. The Balaban J connectivity index is -0.000000498. The first-order valence-electron chi connectivity index (χ1n) is 10.8. The molecule has 2 aliphatic rings. The fraction of sp³-hybridized carbons (Fsp3) is 0.560. The molecule has 2 rings (SSSR count). The maximum absolute atomic E-state index is 12.5. The topological polar surface area (TPSA) is 46.5 Å². The molecule has 204 valence electrons. The van der Waals surface area contributed by atoms with Crippen LogP contribution in [0.4, 0.5) is 30.7 Å². The molecule has 0 saturated heterocycles. The van der Waals surface area contributed by atoms with Gasteiger partial charge in [0.2, 0.25) is 0 Å². The summed E-state index contributed by atoms with van der Waals surface area (Å²) in [6.07, 6.45) is -3.03. The van der Waals surface area contributed by atoms with Crippen molar-refractivity contribution in [3.8, 4) is 0 Å². The Morgan fingerprint density at radius 1 is 1.00 bits per heavy atom. The number of ether oxygens (including phenoxy) is 1. The predicted octanol–water partition coefficient (Wildman–Crippen LogP) is 7.71. The summed E-state index contributed by atoms with van der Waals surface area (Å²) in [7, 11) is 0. The van der Waals surface area contributed by atoms with E-state index in [9.17, 15) is 35.5 Å². The van der Waals surface area contributed by atoms with Gasteiger partial charge in [-0.25, -0.2) is 9.18 Å². The lowest BCUT2D eigenvalue weighted by atomic mass is 9.82. The number of aliphatic hydroxyl groups is 1. The van der Waals surface area contributed by atoms with Gasteiger partial charge in [0.05, 0.1) is 6.61 Å². The minimum atomic E-state index is -5.70. The van der Waals surface area contributed by atoms with E-state index in [1.165, 1.54) is 6.08 Å². The van der Waals surface area contributed by atoms with Gasteiger partial charge in [-0.15, -0.1) is 26.3 Å². The van der Waals surface area contributed by atoms with Crippen LogP contribution in [0, 0.1) is 17.8 Å². The Kier molecular flexibility index (Phi) is 20.1. The molecule has 3 atom stereocenters. The van der Waals surface area contributed by atoms with E-state index < -0.39 is 37.0 Å². The molecule has 0 amide bonds. The van der Waals surface area contributed by atoms with Gasteiger partial charge in [0, 0.05) is 6.08 Å². The summed E-state index contributed by atoms with van der Waals surface area (Å²) in [6.45, 7) is 19.6. The molecule has 3 unspecified atom stereocenters. The summed E-state index contributed by atoms with van der Waals surface area (Å²) >= 11 is 0. The molecule has 3 nitrogen and oxygen atoms in total. The molecule has 1 N–H and O–H groups in total. The second kappa shape index (κ2) is 18.9. The van der Waals surface area contributed by atoms with Gasteiger partial charge in [-0.1, -0.05) is 37.8 Å². The van der Waals surface area contributed by atoms with Crippen LogP contribution in [-0.2, 0) is 9.53 Å². The van der Waals surface area contributed by atoms with Gasteiger partial charge in [-0.05, 0) is 50.4 Å². The second-order valence-corrected chi connectivity index (χ2v) is 7.20. The van der Waals surface area contributed by atoms with E-state index in [4.69, 9.17) is 5.11 Å². The zero-order valence-corrected chi connectivity index (χ0v) is 20.3. The quantitative estimate of drug-likeness (QED) is 0.170. The second-order valence-electron chi connectivity index (χ2n) is 7.20. The van der Waals surface area contributed by atoms with Crippen molar-refractivity contribution < 1.29 is 45.4 Å². The standard InChI is InChI=1S/C11H12F6O.C5H8O2.C4H8.C3H5F.C2H4/c12-10(13,14)9(18,11(15,16)17)5-8-4-6-1-2-7(8)3-6;1-3-5(6)7-4-2;1-3-4-2;1-2-3-4;1-2/h1-2,6-8,18H,3-5H2;3H,1,4H2,2H3;3H,1,4H2,2H3;2H,1,3H2;1-2H2. The third kappa shape index (κ3) is 13.9. The number of esters is 1. The highest BCUT2D eigenvalue weighted by Gasteiger charge is 2.71. The monoisotopic (exact) mass is 518 g/mol. The molecule has 35 heavy (non-hydrogen) atoms. The van der Waals surface area contributed by atoms with Crippen molar-refractivity contribution in [2.45, 2.75) is 57.5 Å². The van der Waals surface area contributed by atoms with Crippen LogP contribution in [0.1, 0.15) is 39.5 Å². The summed E-state index contributed by atoms with van der Waals surface area (Å²) in [5.41, 5.74) is -4.59. The molecule has 0 spiro atoms. The van der Waals surface area contributed by atoms with Crippen LogP contribution in [0.25, 0.3) is 0 Å². The third-order valence-corrected chi connectivity index (χ3v) is 4.76. The summed E-state index contributed by atoms with van der Waals surface area (Å²) in [4.78, 5) is 10.1. The lowest BCUT2D eigenvalue weighted by Crippen LogP contribution is -2.58. The molecule has 2 aliphatic carbocycles. The smallest absolute Gasteiger partial charge is 0.426 e. The maximum atomic E-state index is 12.5. The number of halogens is 7. The van der Waals surface area contributed by atoms with E-state index in [0.717, 1.165) is 12.5 Å². The minimum absolute atomic E-state index is 0.0608. The van der Waals surface area contributed by atoms with Crippen molar-refractivity contribution >= 4 is 5.97 Å². The Morgan fingerprint density at radius 2 is 1.46 bits per heavy atom. The van der Waals surface area contributed by atoms with E-state index in [0.29, 0.717) is 13.0 Å². The highest BCUT2D eigenvalue weighted by Crippen LogP contribution is 2.53. The largest absolute Gasteiger partial charge is 0.463 e. The molecule has 0 aliphatic heterocycles. The summed E-state index contributed by atoms with van der Waals surface area (Å²) in [5.74, 6) is -1.33. The molecule has 0 radical (unpaired) electrons. The van der Waals surface area contributed by atoms with Crippen LogP contribution in [-0.4, -0.2) is 42.3 Å². The van der Waals surface area contributed by atoms with Gasteiger partial charge in [0.25, 0.3) is 5.60 Å². The van der Waals surface area contributed by atoms with Gasteiger partial charge in [0.15, 0.2) is 0 Å². The number of carbonyl (C=O) groups is 1. The van der Waals surface area contributed by atoms with Gasteiger partial charge in [0.1, 0.15) is 6.67 Å². The van der Waals surface area contributed by atoms with Gasteiger partial charge < -0.3 is 9.84 Å². The molecule has 10 heteroatoms. The molecule has 1 saturated carbocycles. The Bertz CT molecular complexity index is 618. The number of allylic oxidation sites excluding steroid dienone is 4. The van der Waals surface area contributed by atoms with Crippen molar-refractivity contribution in [3.63, 3.8) is 0 Å². The number of fused-ring (bicyclic) bond motifs is 2. The summed E-state index contributed by atoms with van der Waals surface area (Å²) < 4.78 is 90.1. The van der Waals surface area contributed by atoms with E-state index >= 15 is 0 Å². The van der Waals surface area contributed by atoms with Crippen molar-refractivity contribution in [2.75, 3.05) is 13.3 Å². The SMILES string of the molecule is C=C.C=CC(=O)OCC.C=CCC.C=CCF.OC(CC1CC2C=CC1C2)(C(F)(F)F)C(F)(F)F. The van der Waals surface area contributed by atoms with E-state index in [2.05, 4.69) is 44.6 Å². The number of hydrogen-bond acceptors (Lipinski definition) is 3. The number of carbonyl (C=O) groups excluding carboxylic acids is 1. The van der Waals surface area contributed by atoms with Crippen LogP contribution < -0.4 is 0 Å².